The molecule has 168 valence electrons. The summed E-state index contributed by atoms with van der Waals surface area (Å²) in [5.74, 6) is 0.440. The minimum absolute atomic E-state index is 0.00658. The first-order valence-electron chi connectivity index (χ1n) is 10.8. The largest absolute Gasteiger partial charge is 0.504 e. The summed E-state index contributed by atoms with van der Waals surface area (Å²) < 4.78 is 38.8. The lowest BCUT2D eigenvalue weighted by Crippen LogP contribution is -2.56. The minimum Gasteiger partial charge on any atom is -0.345 e. The number of nitrogens with zero attached hydrogens (tertiary/aromatic N) is 4. The van der Waals surface area contributed by atoms with Crippen LogP contribution in [0.5, 0.6) is 0 Å². The van der Waals surface area contributed by atoms with Crippen LogP contribution in [0.2, 0.25) is 0 Å². The van der Waals surface area contributed by atoms with Gasteiger partial charge in [-0.15, -0.1) is 13.2 Å². The summed E-state index contributed by atoms with van der Waals surface area (Å²) in [5.41, 5.74) is 5.52. The molecule has 3 heterocycles. The van der Waals surface area contributed by atoms with E-state index in [2.05, 4.69) is 15.1 Å². The van der Waals surface area contributed by atoms with E-state index in [0.717, 1.165) is 46.9 Å². The summed E-state index contributed by atoms with van der Waals surface area (Å²) in [6, 6.07) is 11.3. The van der Waals surface area contributed by atoms with Gasteiger partial charge in [-0.05, 0) is 60.6 Å². The van der Waals surface area contributed by atoms with Crippen LogP contribution in [0.3, 0.4) is 0 Å². The van der Waals surface area contributed by atoms with Gasteiger partial charge in [-0.1, -0.05) is 18.2 Å². The Morgan fingerprint density at radius 1 is 1.09 bits per heavy atom. The summed E-state index contributed by atoms with van der Waals surface area (Å²) in [6.45, 7) is 1.94. The molecule has 1 saturated heterocycles. The molecule has 1 aliphatic heterocycles. The standard InChI is InChI=1S/C24H20F3N5O/c1-13-8-15(16-10-30-31(11-16)24(25,26)27)4-6-18(13)22-21(14-2-3-14)23(33)32(22)17-5-7-19-20(9-17)29-12-28-19/h4-12,14,21-22H,2-3H2,1H3,(H,28,29)/t21?,22-/m1/s1. The Balaban J connectivity index is 1.37. The third kappa shape index (κ3) is 3.21. The van der Waals surface area contributed by atoms with Crippen LogP contribution in [0.4, 0.5) is 18.9 Å². The van der Waals surface area contributed by atoms with Gasteiger partial charge in [0, 0.05) is 17.4 Å². The molecular formula is C24H20F3N5O. The zero-order valence-electron chi connectivity index (χ0n) is 17.7. The number of halogens is 3. The number of carbonyl (C=O) groups is 1. The Hall–Kier alpha value is -3.62. The number of nitrogens with one attached hydrogen (secondary N) is 1. The minimum atomic E-state index is -4.55. The average Bonchev–Trinajstić information content (AvgIpc) is 3.25. The Labute approximate surface area is 187 Å². The zero-order chi connectivity index (χ0) is 22.9. The third-order valence-electron chi connectivity index (χ3n) is 6.72. The highest BCUT2D eigenvalue weighted by molar-refractivity contribution is 6.04. The van der Waals surface area contributed by atoms with Gasteiger partial charge in [0.15, 0.2) is 0 Å². The fraction of sp³-hybridized carbons (Fsp3) is 0.292. The molecule has 2 aromatic carbocycles. The van der Waals surface area contributed by atoms with Gasteiger partial charge in [-0.3, -0.25) is 4.79 Å². The topological polar surface area (TPSA) is 66.8 Å². The lowest BCUT2D eigenvalue weighted by Gasteiger charge is -2.48. The van der Waals surface area contributed by atoms with Gasteiger partial charge in [-0.2, -0.15) is 9.78 Å². The first-order valence-corrected chi connectivity index (χ1v) is 10.8. The molecule has 33 heavy (non-hydrogen) atoms. The van der Waals surface area contributed by atoms with Crippen LogP contribution >= 0.6 is 0 Å². The normalized spacial score (nSPS) is 21.0. The molecule has 0 radical (unpaired) electrons. The van der Waals surface area contributed by atoms with Crippen molar-refractivity contribution in [3.63, 3.8) is 0 Å². The highest BCUT2D eigenvalue weighted by atomic mass is 19.4. The van der Waals surface area contributed by atoms with Crippen LogP contribution in [0.1, 0.15) is 30.0 Å². The quantitative estimate of drug-likeness (QED) is 0.427. The summed E-state index contributed by atoms with van der Waals surface area (Å²) >= 11 is 0. The van der Waals surface area contributed by atoms with E-state index < -0.39 is 6.30 Å². The molecule has 2 aliphatic rings. The van der Waals surface area contributed by atoms with Crippen LogP contribution in [-0.4, -0.2) is 25.7 Å². The Morgan fingerprint density at radius 3 is 2.61 bits per heavy atom. The maximum atomic E-state index is 13.2. The number of amides is 1. The molecule has 6 rings (SSSR count). The molecule has 2 aromatic heterocycles. The fourth-order valence-corrected chi connectivity index (χ4v) is 4.92. The van der Waals surface area contributed by atoms with E-state index in [-0.39, 0.29) is 22.5 Å². The lowest BCUT2D eigenvalue weighted by molar-refractivity contribution is -0.212. The van der Waals surface area contributed by atoms with Crippen LogP contribution in [0.15, 0.2) is 55.1 Å². The van der Waals surface area contributed by atoms with Gasteiger partial charge in [0.2, 0.25) is 5.91 Å². The molecule has 1 saturated carbocycles. The maximum absolute atomic E-state index is 13.2. The number of anilines is 1. The van der Waals surface area contributed by atoms with Gasteiger partial charge in [0.25, 0.3) is 0 Å². The van der Waals surface area contributed by atoms with Crippen molar-refractivity contribution in [2.75, 3.05) is 4.90 Å². The summed E-state index contributed by atoms with van der Waals surface area (Å²) in [4.78, 5) is 22.4. The Kier molecular flexibility index (Phi) is 4.21. The van der Waals surface area contributed by atoms with Crippen molar-refractivity contribution in [2.45, 2.75) is 32.1 Å². The number of carbonyl (C=O) groups excluding carboxylic acids is 1. The number of hydrogen-bond acceptors (Lipinski definition) is 3. The highest BCUT2D eigenvalue weighted by Crippen LogP contribution is 2.54. The molecule has 2 fully saturated rings. The van der Waals surface area contributed by atoms with Crippen molar-refractivity contribution < 1.29 is 18.0 Å². The van der Waals surface area contributed by atoms with Gasteiger partial charge < -0.3 is 9.88 Å². The fourth-order valence-electron chi connectivity index (χ4n) is 4.92. The molecule has 1 aliphatic carbocycles. The first-order chi connectivity index (χ1) is 15.8. The molecule has 0 bridgehead atoms. The van der Waals surface area contributed by atoms with E-state index in [1.807, 2.05) is 48.2 Å². The number of β-lactam (4-membered cyclic amide) rings is 1. The van der Waals surface area contributed by atoms with E-state index >= 15 is 0 Å². The summed E-state index contributed by atoms with van der Waals surface area (Å²) in [5, 5.41) is 3.43. The first kappa shape index (κ1) is 20.0. The van der Waals surface area contributed by atoms with E-state index in [4.69, 9.17) is 0 Å². The summed E-state index contributed by atoms with van der Waals surface area (Å²) in [7, 11) is 0. The summed E-state index contributed by atoms with van der Waals surface area (Å²) in [6.07, 6.45) is 1.38. The maximum Gasteiger partial charge on any atom is 0.504 e. The van der Waals surface area contributed by atoms with E-state index in [9.17, 15) is 18.0 Å². The van der Waals surface area contributed by atoms with Gasteiger partial charge >= 0.3 is 6.30 Å². The Bertz CT molecular complexity index is 1380. The molecule has 1 amide bonds. The number of alkyl halides is 3. The van der Waals surface area contributed by atoms with Crippen LogP contribution < -0.4 is 4.90 Å². The van der Waals surface area contributed by atoms with Crippen LogP contribution in [0, 0.1) is 18.8 Å². The molecule has 1 unspecified atom stereocenters. The van der Waals surface area contributed by atoms with Gasteiger partial charge in [0.05, 0.1) is 35.5 Å². The third-order valence-corrected chi connectivity index (χ3v) is 6.72. The van der Waals surface area contributed by atoms with E-state index in [1.165, 1.54) is 6.20 Å². The number of rotatable bonds is 4. The number of imidazole rings is 1. The van der Waals surface area contributed by atoms with Crippen LogP contribution in [-0.2, 0) is 11.1 Å². The zero-order valence-corrected chi connectivity index (χ0v) is 17.7. The molecular weight excluding hydrogens is 431 g/mol. The predicted octanol–water partition coefficient (Wildman–Crippen LogP) is 5.33. The van der Waals surface area contributed by atoms with Crippen molar-refractivity contribution in [3.8, 4) is 11.1 Å². The number of aromatic amines is 1. The number of aromatic nitrogens is 4. The predicted molar refractivity (Wildman–Crippen MR) is 116 cm³/mol. The smallest absolute Gasteiger partial charge is 0.345 e. The van der Waals surface area contributed by atoms with Crippen molar-refractivity contribution in [3.05, 3.63) is 66.2 Å². The second-order valence-corrected chi connectivity index (χ2v) is 8.83. The van der Waals surface area contributed by atoms with Crippen molar-refractivity contribution >= 4 is 22.6 Å². The van der Waals surface area contributed by atoms with Gasteiger partial charge in [0.1, 0.15) is 0 Å². The number of H-pyrrole nitrogens is 1. The Morgan fingerprint density at radius 2 is 1.91 bits per heavy atom. The molecule has 4 aromatic rings. The number of aryl methyl sites for hydroxylation is 1. The monoisotopic (exact) mass is 451 g/mol. The van der Waals surface area contributed by atoms with E-state index in [0.29, 0.717) is 17.0 Å². The lowest BCUT2D eigenvalue weighted by atomic mass is 9.77. The second kappa shape index (κ2) is 6.94. The number of hydrogen-bond donors (Lipinski definition) is 1. The van der Waals surface area contributed by atoms with Crippen molar-refractivity contribution in [1.82, 2.24) is 19.7 Å². The molecule has 1 N–H and O–H groups in total. The average molecular weight is 451 g/mol. The second-order valence-electron chi connectivity index (χ2n) is 8.83. The van der Waals surface area contributed by atoms with E-state index in [1.54, 1.807) is 6.33 Å². The number of fused-ring (bicyclic) bond motifs is 1. The molecule has 0 spiro atoms. The molecule has 6 nitrogen and oxygen atoms in total. The van der Waals surface area contributed by atoms with Crippen molar-refractivity contribution in [2.24, 2.45) is 11.8 Å². The number of benzene rings is 2. The van der Waals surface area contributed by atoms with Gasteiger partial charge in [-0.25, -0.2) is 4.98 Å². The SMILES string of the molecule is Cc1cc(-c2cnn(C(F)(F)F)c2)ccc1[C@@H]1C(C2CC2)C(=O)N1c1ccc2nc[nH]c2c1. The van der Waals surface area contributed by atoms with Crippen LogP contribution in [0.25, 0.3) is 22.2 Å². The van der Waals surface area contributed by atoms with Crippen molar-refractivity contribution in [1.29, 1.82) is 0 Å². The molecule has 2 atom stereocenters. The highest BCUT2D eigenvalue weighted by Gasteiger charge is 2.55. The molecule has 9 heteroatoms.